The number of hydrogen-bond donors (Lipinski definition) is 1. The summed E-state index contributed by atoms with van der Waals surface area (Å²) in [5, 5.41) is 8.56. The third kappa shape index (κ3) is 10.4. The summed E-state index contributed by atoms with van der Waals surface area (Å²) >= 11 is 0. The van der Waals surface area contributed by atoms with E-state index in [1.165, 1.54) is 0 Å². The Morgan fingerprint density at radius 1 is 1.12 bits per heavy atom. The Labute approximate surface area is 98.9 Å². The third-order valence-corrected chi connectivity index (χ3v) is 1.96. The Hall–Kier alpha value is -0.160. The van der Waals surface area contributed by atoms with Crippen LogP contribution in [0.1, 0.15) is 40.0 Å². The average Bonchev–Trinajstić information content (AvgIpc) is 2.23. The first-order valence-electron chi connectivity index (χ1n) is 6.16. The lowest BCUT2D eigenvalue weighted by Crippen LogP contribution is -2.24. The molecule has 0 aliphatic carbocycles. The Morgan fingerprint density at radius 3 is 2.44 bits per heavy atom. The first-order valence-corrected chi connectivity index (χ1v) is 6.16. The summed E-state index contributed by atoms with van der Waals surface area (Å²) < 4.78 is 16.4. The predicted molar refractivity (Wildman–Crippen MR) is 63.4 cm³/mol. The molecule has 0 heterocycles. The lowest BCUT2D eigenvalue weighted by Gasteiger charge is -2.20. The third-order valence-electron chi connectivity index (χ3n) is 1.96. The number of aliphatic hydroxyl groups is 1. The minimum absolute atomic E-state index is 0.0619. The van der Waals surface area contributed by atoms with Crippen LogP contribution in [-0.2, 0) is 14.2 Å². The van der Waals surface area contributed by atoms with E-state index in [-0.39, 0.29) is 19.0 Å². The maximum Gasteiger partial charge on any atom is 0.160 e. The van der Waals surface area contributed by atoms with E-state index in [9.17, 15) is 0 Å². The van der Waals surface area contributed by atoms with Crippen LogP contribution in [-0.4, -0.2) is 43.9 Å². The Kier molecular flexibility index (Phi) is 11.2. The van der Waals surface area contributed by atoms with Gasteiger partial charge in [0.2, 0.25) is 0 Å². The monoisotopic (exact) mass is 234 g/mol. The molecule has 1 unspecified atom stereocenters. The van der Waals surface area contributed by atoms with Gasteiger partial charge in [-0.05, 0) is 20.3 Å². The predicted octanol–water partition coefficient (Wildman–Crippen LogP) is 1.95. The van der Waals surface area contributed by atoms with Crippen LogP contribution in [0.3, 0.4) is 0 Å². The molecule has 16 heavy (non-hydrogen) atoms. The summed E-state index contributed by atoms with van der Waals surface area (Å²) in [6.07, 6.45) is 2.85. The van der Waals surface area contributed by atoms with Crippen LogP contribution < -0.4 is 0 Å². The minimum Gasteiger partial charge on any atom is -0.394 e. The molecule has 0 aliphatic rings. The van der Waals surface area contributed by atoms with Crippen molar-refractivity contribution < 1.29 is 19.3 Å². The summed E-state index contributed by atoms with van der Waals surface area (Å²) in [6.45, 7) is 7.84. The van der Waals surface area contributed by atoms with Crippen molar-refractivity contribution in [3.05, 3.63) is 0 Å². The number of ether oxygens (including phenoxy) is 3. The van der Waals surface area contributed by atoms with Crippen molar-refractivity contribution >= 4 is 0 Å². The molecule has 98 valence electrons. The smallest absolute Gasteiger partial charge is 0.160 e. The molecule has 0 aromatic heterocycles. The van der Waals surface area contributed by atoms with Gasteiger partial charge >= 0.3 is 0 Å². The van der Waals surface area contributed by atoms with Gasteiger partial charge in [0.15, 0.2) is 6.29 Å². The number of aliphatic hydroxyl groups excluding tert-OH is 1. The molecule has 0 aromatic carbocycles. The van der Waals surface area contributed by atoms with Crippen LogP contribution in [0.15, 0.2) is 0 Å². The molecule has 1 N–H and O–H groups in total. The van der Waals surface area contributed by atoms with Gasteiger partial charge in [-0.2, -0.15) is 0 Å². The van der Waals surface area contributed by atoms with E-state index < -0.39 is 0 Å². The molecule has 4 nitrogen and oxygen atoms in total. The van der Waals surface area contributed by atoms with Crippen LogP contribution in [0.2, 0.25) is 0 Å². The van der Waals surface area contributed by atoms with Crippen LogP contribution in [0.25, 0.3) is 0 Å². The summed E-state index contributed by atoms with van der Waals surface area (Å²) in [5.41, 5.74) is 0. The van der Waals surface area contributed by atoms with Gasteiger partial charge in [0, 0.05) is 13.0 Å². The van der Waals surface area contributed by atoms with E-state index in [0.29, 0.717) is 19.6 Å². The largest absolute Gasteiger partial charge is 0.394 e. The standard InChI is InChI=1S/C12H26O4/c1-4-5-8-15-12(16-11(2)3)6-9-14-10-7-13/h11-13H,4-10H2,1-3H3. The molecule has 1 atom stereocenters. The van der Waals surface area contributed by atoms with E-state index in [0.717, 1.165) is 19.4 Å². The molecule has 0 bridgehead atoms. The van der Waals surface area contributed by atoms with E-state index in [4.69, 9.17) is 19.3 Å². The van der Waals surface area contributed by atoms with Crippen LogP contribution in [0, 0.1) is 0 Å². The Balaban J connectivity index is 3.63. The molecule has 0 rings (SSSR count). The van der Waals surface area contributed by atoms with Gasteiger partial charge in [0.1, 0.15) is 0 Å². The van der Waals surface area contributed by atoms with Crippen LogP contribution >= 0.6 is 0 Å². The molecule has 0 radical (unpaired) electrons. The van der Waals surface area contributed by atoms with E-state index in [2.05, 4.69) is 6.92 Å². The maximum atomic E-state index is 8.56. The van der Waals surface area contributed by atoms with Crippen LogP contribution in [0.4, 0.5) is 0 Å². The fourth-order valence-corrected chi connectivity index (χ4v) is 1.20. The fourth-order valence-electron chi connectivity index (χ4n) is 1.20. The second-order valence-corrected chi connectivity index (χ2v) is 3.96. The van der Waals surface area contributed by atoms with Gasteiger partial charge in [-0.3, -0.25) is 0 Å². The summed E-state index contributed by atoms with van der Waals surface area (Å²) in [4.78, 5) is 0. The molecule has 0 fully saturated rings. The second-order valence-electron chi connectivity index (χ2n) is 3.96. The summed E-state index contributed by atoms with van der Waals surface area (Å²) in [5.74, 6) is 0. The highest BCUT2D eigenvalue weighted by Crippen LogP contribution is 2.06. The lowest BCUT2D eigenvalue weighted by atomic mass is 10.3. The van der Waals surface area contributed by atoms with Gasteiger partial charge in [0.05, 0.1) is 25.9 Å². The highest BCUT2D eigenvalue weighted by molar-refractivity contribution is 4.49. The van der Waals surface area contributed by atoms with Crippen LogP contribution in [0.5, 0.6) is 0 Å². The first-order chi connectivity index (χ1) is 7.70. The van der Waals surface area contributed by atoms with Crippen molar-refractivity contribution in [3.63, 3.8) is 0 Å². The zero-order valence-corrected chi connectivity index (χ0v) is 10.8. The zero-order chi connectivity index (χ0) is 12.2. The normalized spacial score (nSPS) is 13.3. The van der Waals surface area contributed by atoms with Gasteiger partial charge in [0.25, 0.3) is 0 Å². The quantitative estimate of drug-likeness (QED) is 0.438. The van der Waals surface area contributed by atoms with Crippen molar-refractivity contribution in [1.82, 2.24) is 0 Å². The van der Waals surface area contributed by atoms with Crippen molar-refractivity contribution in [2.45, 2.75) is 52.4 Å². The average molecular weight is 234 g/mol. The Morgan fingerprint density at radius 2 is 1.88 bits per heavy atom. The lowest BCUT2D eigenvalue weighted by molar-refractivity contribution is -0.172. The van der Waals surface area contributed by atoms with Crippen molar-refractivity contribution in [3.8, 4) is 0 Å². The zero-order valence-electron chi connectivity index (χ0n) is 10.8. The summed E-state index contributed by atoms with van der Waals surface area (Å²) in [7, 11) is 0. The van der Waals surface area contributed by atoms with E-state index in [1.54, 1.807) is 0 Å². The number of hydrogen-bond acceptors (Lipinski definition) is 4. The number of rotatable bonds is 11. The topological polar surface area (TPSA) is 47.9 Å². The molecular weight excluding hydrogens is 208 g/mol. The van der Waals surface area contributed by atoms with E-state index in [1.807, 2.05) is 13.8 Å². The SMILES string of the molecule is CCCCOC(CCOCCO)OC(C)C. The maximum absolute atomic E-state index is 8.56. The molecular formula is C12H26O4. The van der Waals surface area contributed by atoms with Crippen molar-refractivity contribution in [1.29, 1.82) is 0 Å². The van der Waals surface area contributed by atoms with Gasteiger partial charge in [-0.15, -0.1) is 0 Å². The van der Waals surface area contributed by atoms with Gasteiger partial charge in [-0.1, -0.05) is 13.3 Å². The minimum atomic E-state index is -0.190. The highest BCUT2D eigenvalue weighted by atomic mass is 16.7. The molecule has 0 spiro atoms. The van der Waals surface area contributed by atoms with E-state index >= 15 is 0 Å². The molecule has 0 amide bonds. The molecule has 0 aliphatic heterocycles. The van der Waals surface area contributed by atoms with Gasteiger partial charge in [-0.25, -0.2) is 0 Å². The molecule has 0 saturated carbocycles. The van der Waals surface area contributed by atoms with Crippen molar-refractivity contribution in [2.24, 2.45) is 0 Å². The molecule has 4 heteroatoms. The fraction of sp³-hybridized carbons (Fsp3) is 1.00. The van der Waals surface area contributed by atoms with Gasteiger partial charge < -0.3 is 19.3 Å². The Bertz CT molecular complexity index is 139. The summed E-state index contributed by atoms with van der Waals surface area (Å²) in [6, 6.07) is 0. The molecule has 0 aromatic rings. The van der Waals surface area contributed by atoms with Crippen molar-refractivity contribution in [2.75, 3.05) is 26.4 Å². The first kappa shape index (κ1) is 15.8. The highest BCUT2D eigenvalue weighted by Gasteiger charge is 2.11. The number of unbranched alkanes of at least 4 members (excludes halogenated alkanes) is 1. The second kappa shape index (κ2) is 11.3. The molecule has 0 saturated heterocycles.